The second-order valence-electron chi connectivity index (χ2n) is 11.0. The van der Waals surface area contributed by atoms with Gasteiger partial charge >= 0.3 is 12.2 Å². The molecule has 0 saturated heterocycles. The zero-order valence-electron chi connectivity index (χ0n) is 20.2. The third kappa shape index (κ3) is 9.87. The summed E-state index contributed by atoms with van der Waals surface area (Å²) in [6, 6.07) is 0.757. The predicted octanol–water partition coefficient (Wildman–Crippen LogP) is 6.15. The van der Waals surface area contributed by atoms with Gasteiger partial charge in [-0.2, -0.15) is 0 Å². The van der Waals surface area contributed by atoms with Crippen LogP contribution in [0.25, 0.3) is 0 Å². The van der Waals surface area contributed by atoms with Crippen molar-refractivity contribution in [2.45, 2.75) is 104 Å². The highest BCUT2D eigenvalue weighted by molar-refractivity contribution is 6.76. The average Bonchev–Trinajstić information content (AvgIpc) is 2.54. The number of ether oxygens (including phenoxy) is 2. The van der Waals surface area contributed by atoms with Crippen molar-refractivity contribution in [2.24, 2.45) is 11.8 Å². The van der Waals surface area contributed by atoms with E-state index in [1.165, 1.54) is 35.7 Å². The van der Waals surface area contributed by atoms with Crippen LogP contribution in [0.4, 0.5) is 9.59 Å². The molecule has 0 aromatic heterocycles. The van der Waals surface area contributed by atoms with E-state index in [9.17, 15) is 9.59 Å². The van der Waals surface area contributed by atoms with Crippen molar-refractivity contribution in [1.82, 2.24) is 10.0 Å². The highest BCUT2D eigenvalue weighted by atomic mass is 28.3. The SMILES string of the molecule is CC1CCC(C[C@H](C)N(C(=O)OC(C)(C)C)N(C)C(=O)OCC[Si](C)(C)C)CC1. The predicted molar refractivity (Wildman–Crippen MR) is 121 cm³/mol. The maximum absolute atomic E-state index is 12.9. The monoisotopic (exact) mass is 428 g/mol. The summed E-state index contributed by atoms with van der Waals surface area (Å²) in [7, 11) is 0.300. The summed E-state index contributed by atoms with van der Waals surface area (Å²) < 4.78 is 11.1. The number of rotatable bonds is 6. The molecule has 0 heterocycles. The molecule has 0 aromatic carbocycles. The van der Waals surface area contributed by atoms with Crippen LogP contribution in [-0.2, 0) is 9.47 Å². The van der Waals surface area contributed by atoms with Crippen LogP contribution in [0.3, 0.4) is 0 Å². The van der Waals surface area contributed by atoms with Crippen molar-refractivity contribution in [3.63, 3.8) is 0 Å². The Labute approximate surface area is 179 Å². The number of carbonyl (C=O) groups excluding carboxylic acids is 2. The lowest BCUT2D eigenvalue weighted by Crippen LogP contribution is -2.54. The van der Waals surface area contributed by atoms with E-state index in [1.807, 2.05) is 27.7 Å². The van der Waals surface area contributed by atoms with Crippen LogP contribution in [0.1, 0.15) is 66.7 Å². The van der Waals surface area contributed by atoms with E-state index in [0.717, 1.165) is 18.4 Å². The smallest absolute Gasteiger partial charge is 0.429 e. The number of amides is 2. The van der Waals surface area contributed by atoms with Gasteiger partial charge in [0.1, 0.15) is 5.60 Å². The van der Waals surface area contributed by atoms with E-state index >= 15 is 0 Å². The second-order valence-corrected chi connectivity index (χ2v) is 16.6. The van der Waals surface area contributed by atoms with Gasteiger partial charge in [-0.05, 0) is 52.0 Å². The number of hydrogen-bond acceptors (Lipinski definition) is 4. The van der Waals surface area contributed by atoms with Crippen molar-refractivity contribution in [3.8, 4) is 0 Å². The summed E-state index contributed by atoms with van der Waals surface area (Å²) in [6.45, 7) is 16.9. The Morgan fingerprint density at radius 3 is 2.10 bits per heavy atom. The number of nitrogens with zero attached hydrogens (tertiary/aromatic N) is 2. The Balaban J connectivity index is 2.83. The van der Waals surface area contributed by atoms with E-state index in [0.29, 0.717) is 12.5 Å². The van der Waals surface area contributed by atoms with Crippen molar-refractivity contribution in [2.75, 3.05) is 13.7 Å². The summed E-state index contributed by atoms with van der Waals surface area (Å²) in [5.74, 6) is 1.36. The van der Waals surface area contributed by atoms with Crippen LogP contribution in [-0.4, -0.2) is 55.6 Å². The Hall–Kier alpha value is -1.24. The first-order chi connectivity index (χ1) is 13.2. The average molecular weight is 429 g/mol. The van der Waals surface area contributed by atoms with Gasteiger partial charge < -0.3 is 9.47 Å². The molecule has 2 amide bonds. The normalized spacial score (nSPS) is 21.3. The van der Waals surface area contributed by atoms with E-state index in [4.69, 9.17) is 9.47 Å². The quantitative estimate of drug-likeness (QED) is 0.376. The first kappa shape index (κ1) is 25.8. The Bertz CT molecular complexity index is 534. The molecule has 1 saturated carbocycles. The molecule has 1 atom stereocenters. The minimum absolute atomic E-state index is 0.141. The first-order valence-corrected chi connectivity index (χ1v) is 14.8. The van der Waals surface area contributed by atoms with E-state index in [1.54, 1.807) is 7.05 Å². The van der Waals surface area contributed by atoms with Gasteiger partial charge in [0.25, 0.3) is 0 Å². The molecule has 1 aliphatic carbocycles. The van der Waals surface area contributed by atoms with Crippen molar-refractivity contribution in [3.05, 3.63) is 0 Å². The van der Waals surface area contributed by atoms with Crippen LogP contribution in [0.5, 0.6) is 0 Å². The zero-order chi connectivity index (χ0) is 22.4. The molecule has 1 fully saturated rings. The Morgan fingerprint density at radius 2 is 1.62 bits per heavy atom. The van der Waals surface area contributed by atoms with Crippen LogP contribution in [0, 0.1) is 11.8 Å². The highest BCUT2D eigenvalue weighted by Gasteiger charge is 2.34. The summed E-state index contributed by atoms with van der Waals surface area (Å²) >= 11 is 0. The van der Waals surface area contributed by atoms with Gasteiger partial charge in [0.2, 0.25) is 0 Å². The summed E-state index contributed by atoms with van der Waals surface area (Å²) in [4.78, 5) is 25.6. The summed E-state index contributed by atoms with van der Waals surface area (Å²) in [5.41, 5.74) is -0.627. The van der Waals surface area contributed by atoms with Crippen molar-refractivity contribution >= 4 is 20.3 Å². The molecular weight excluding hydrogens is 384 g/mol. The molecule has 0 aromatic rings. The topological polar surface area (TPSA) is 59.1 Å². The molecule has 6 nitrogen and oxygen atoms in total. The van der Waals surface area contributed by atoms with Crippen LogP contribution >= 0.6 is 0 Å². The molecule has 170 valence electrons. The maximum Gasteiger partial charge on any atom is 0.429 e. The van der Waals surface area contributed by atoms with Crippen molar-refractivity contribution in [1.29, 1.82) is 0 Å². The molecular formula is C22H44N2O4Si. The van der Waals surface area contributed by atoms with Crippen LogP contribution in [0.2, 0.25) is 25.7 Å². The highest BCUT2D eigenvalue weighted by Crippen LogP contribution is 2.32. The molecule has 0 N–H and O–H groups in total. The molecule has 1 aliphatic rings. The number of carbonyl (C=O) groups is 2. The van der Waals surface area contributed by atoms with Crippen molar-refractivity contribution < 1.29 is 19.1 Å². The number of hydrogen-bond donors (Lipinski definition) is 0. The largest absolute Gasteiger partial charge is 0.449 e. The van der Waals surface area contributed by atoms with E-state index < -0.39 is 25.9 Å². The van der Waals surface area contributed by atoms with Crippen LogP contribution < -0.4 is 0 Å². The molecule has 0 spiro atoms. The molecule has 1 rings (SSSR count). The zero-order valence-corrected chi connectivity index (χ0v) is 21.2. The fourth-order valence-corrected chi connectivity index (χ4v) is 4.39. The molecule has 0 aliphatic heterocycles. The first-order valence-electron chi connectivity index (χ1n) is 11.1. The third-order valence-corrected chi connectivity index (χ3v) is 7.18. The third-order valence-electron chi connectivity index (χ3n) is 5.47. The molecule has 0 unspecified atom stereocenters. The Morgan fingerprint density at radius 1 is 1.07 bits per heavy atom. The van der Waals surface area contributed by atoms with E-state index in [-0.39, 0.29) is 6.04 Å². The van der Waals surface area contributed by atoms with Gasteiger partial charge in [0.15, 0.2) is 0 Å². The lowest BCUT2D eigenvalue weighted by atomic mass is 9.80. The molecule has 0 radical (unpaired) electrons. The van der Waals surface area contributed by atoms with E-state index in [2.05, 4.69) is 26.6 Å². The van der Waals surface area contributed by atoms with Gasteiger partial charge in [-0.15, -0.1) is 0 Å². The lowest BCUT2D eigenvalue weighted by molar-refractivity contribution is -0.0561. The van der Waals surface area contributed by atoms with Gasteiger partial charge in [0, 0.05) is 15.1 Å². The second kappa shape index (κ2) is 10.7. The minimum Gasteiger partial charge on any atom is -0.449 e. The summed E-state index contributed by atoms with van der Waals surface area (Å²) in [6.07, 6.45) is 4.68. The maximum atomic E-state index is 12.9. The number of hydrazine groups is 1. The van der Waals surface area contributed by atoms with Crippen LogP contribution in [0.15, 0.2) is 0 Å². The molecule has 0 bridgehead atoms. The summed E-state index contributed by atoms with van der Waals surface area (Å²) in [5, 5.41) is 2.74. The minimum atomic E-state index is -1.30. The van der Waals surface area contributed by atoms with Gasteiger partial charge in [-0.3, -0.25) is 0 Å². The molecule has 29 heavy (non-hydrogen) atoms. The van der Waals surface area contributed by atoms with Gasteiger partial charge in [-0.25, -0.2) is 19.6 Å². The fraction of sp³-hybridized carbons (Fsp3) is 0.909. The lowest BCUT2D eigenvalue weighted by Gasteiger charge is -2.38. The standard InChI is InChI=1S/C22H44N2O4Si/c1-17-10-12-19(13-11-17)16-18(2)24(21(26)28-22(3,4)5)23(6)20(25)27-14-15-29(7,8)9/h17-19H,10-16H2,1-9H3/t17?,18-,19?/m0/s1. The van der Waals surface area contributed by atoms with Gasteiger partial charge in [0.05, 0.1) is 12.6 Å². The Kier molecular flexibility index (Phi) is 9.50. The van der Waals surface area contributed by atoms with Gasteiger partial charge in [-0.1, -0.05) is 52.2 Å². The molecule has 7 heteroatoms. The fourth-order valence-electron chi connectivity index (χ4n) is 3.68.